The molecule has 0 unspecified atom stereocenters. The Morgan fingerprint density at radius 3 is 1.94 bits per heavy atom. The number of carboxylic acid groups (broad SMARTS) is 2. The number of carbonyl (C=O) groups is 3. The van der Waals surface area contributed by atoms with Gasteiger partial charge in [0.2, 0.25) is 10.0 Å². The molecule has 1 aliphatic heterocycles. The molecular formula is C31H32F6N4O9S. The van der Waals surface area contributed by atoms with Crippen LogP contribution in [0.1, 0.15) is 36.6 Å². The summed E-state index contributed by atoms with van der Waals surface area (Å²) in [6.45, 7) is 4.31. The number of nitrogens with one attached hydrogen (secondary N) is 1. The number of hydroxylamine groups is 2. The molecule has 0 aliphatic carbocycles. The van der Waals surface area contributed by atoms with Crippen LogP contribution in [0.4, 0.5) is 26.3 Å². The molecule has 13 nitrogen and oxygen atoms in total. The van der Waals surface area contributed by atoms with E-state index in [9.17, 15) is 39.6 Å². The SMILES string of the molecule is CC(C)OC(=O)[C@@H]1CN(Cc2ccc(-c3ccccc3S(N)(=O)=O)cc2)O[C@H]1c1cccc(C(=N)N)c1.O=C(O)C(F)(F)F.O=C(O)C(F)(F)F. The third-order valence-electron chi connectivity index (χ3n) is 6.51. The van der Waals surface area contributed by atoms with Crippen molar-refractivity contribution in [3.8, 4) is 11.1 Å². The van der Waals surface area contributed by atoms with Crippen LogP contribution < -0.4 is 10.9 Å². The van der Waals surface area contributed by atoms with E-state index in [0.29, 0.717) is 29.8 Å². The van der Waals surface area contributed by atoms with E-state index < -0.39 is 46.3 Å². The molecule has 0 aromatic heterocycles. The Labute approximate surface area is 286 Å². The van der Waals surface area contributed by atoms with Crippen molar-refractivity contribution in [2.45, 2.75) is 49.8 Å². The Kier molecular flexibility index (Phi) is 14.2. The van der Waals surface area contributed by atoms with E-state index in [4.69, 9.17) is 45.7 Å². The van der Waals surface area contributed by atoms with Crippen LogP contribution >= 0.6 is 0 Å². The lowest BCUT2D eigenvalue weighted by Gasteiger charge is -2.19. The van der Waals surface area contributed by atoms with E-state index in [-0.39, 0.29) is 22.8 Å². The number of rotatable bonds is 8. The number of nitrogen functional groups attached to an aromatic ring is 1. The van der Waals surface area contributed by atoms with E-state index >= 15 is 0 Å². The normalized spacial score (nSPS) is 16.3. The van der Waals surface area contributed by atoms with Gasteiger partial charge in [0.15, 0.2) is 0 Å². The van der Waals surface area contributed by atoms with Crippen molar-refractivity contribution in [2.75, 3.05) is 6.54 Å². The number of nitrogens with two attached hydrogens (primary N) is 2. The second-order valence-corrected chi connectivity index (χ2v) is 12.4. The fourth-order valence-corrected chi connectivity index (χ4v) is 5.10. The van der Waals surface area contributed by atoms with Crippen molar-refractivity contribution in [1.29, 1.82) is 5.41 Å². The molecule has 4 rings (SSSR count). The number of amidine groups is 1. The summed E-state index contributed by atoms with van der Waals surface area (Å²) in [5, 5.41) is 29.1. The van der Waals surface area contributed by atoms with Gasteiger partial charge in [-0.05, 0) is 42.7 Å². The average molecular weight is 751 g/mol. The molecule has 7 N–H and O–H groups in total. The Balaban J connectivity index is 0.000000543. The molecule has 1 heterocycles. The molecular weight excluding hydrogens is 718 g/mol. The Hall–Kier alpha value is -5.05. The van der Waals surface area contributed by atoms with Gasteiger partial charge in [-0.25, -0.2) is 23.1 Å². The van der Waals surface area contributed by atoms with E-state index in [0.717, 1.165) is 11.1 Å². The number of nitrogens with zero attached hydrogens (tertiary/aromatic N) is 1. The zero-order valence-electron chi connectivity index (χ0n) is 26.6. The number of aliphatic carboxylic acids is 2. The number of carbonyl (C=O) groups excluding carboxylic acids is 1. The second-order valence-electron chi connectivity index (χ2n) is 10.8. The zero-order chi connectivity index (χ0) is 38.9. The van der Waals surface area contributed by atoms with E-state index in [1.807, 2.05) is 30.3 Å². The molecule has 0 amide bonds. The lowest BCUT2D eigenvalue weighted by Crippen LogP contribution is -2.27. The molecule has 1 aliphatic rings. The molecule has 1 saturated heterocycles. The van der Waals surface area contributed by atoms with Gasteiger partial charge in [0.05, 0.1) is 11.0 Å². The molecule has 20 heteroatoms. The number of benzene rings is 3. The fourth-order valence-electron chi connectivity index (χ4n) is 4.33. The van der Waals surface area contributed by atoms with Gasteiger partial charge in [-0.15, -0.1) is 0 Å². The molecule has 1 fully saturated rings. The van der Waals surface area contributed by atoms with Gasteiger partial charge >= 0.3 is 30.3 Å². The smallest absolute Gasteiger partial charge is 0.475 e. The maximum Gasteiger partial charge on any atom is 0.490 e. The van der Waals surface area contributed by atoms with E-state index in [2.05, 4.69) is 0 Å². The first kappa shape index (κ1) is 42.1. The van der Waals surface area contributed by atoms with Crippen LogP contribution in [0.25, 0.3) is 11.1 Å². The van der Waals surface area contributed by atoms with Crippen molar-refractivity contribution in [3.05, 3.63) is 89.5 Å². The number of esters is 1. The summed E-state index contributed by atoms with van der Waals surface area (Å²) in [6.07, 6.45) is -11.0. The standard InChI is InChI=1S/C27H30N4O5S.2C2HF3O2/c1-17(2)35-27(32)23-16-31(36-25(23)20-6-5-7-21(14-20)26(28)29)15-18-10-12-19(13-11-18)22-8-3-4-9-24(22)37(30,33)34;2*3-2(4,5)1(6)7/h3-14,17,23,25H,15-16H2,1-2H3,(H3,28,29)(H2,30,33,34);2*(H,6,7)/t23-,25+;;/m1../s1. The Bertz CT molecular complexity index is 1800. The predicted molar refractivity (Wildman–Crippen MR) is 167 cm³/mol. The molecule has 0 saturated carbocycles. The van der Waals surface area contributed by atoms with Gasteiger partial charge < -0.3 is 20.7 Å². The van der Waals surface area contributed by atoms with Gasteiger partial charge in [-0.2, -0.15) is 31.4 Å². The third-order valence-corrected chi connectivity index (χ3v) is 7.48. The number of hydrogen-bond acceptors (Lipinski definition) is 9. The minimum atomic E-state index is -5.08. The van der Waals surface area contributed by atoms with E-state index in [1.54, 1.807) is 55.3 Å². The largest absolute Gasteiger partial charge is 0.490 e. The third kappa shape index (κ3) is 13.0. The maximum absolute atomic E-state index is 12.9. The van der Waals surface area contributed by atoms with Crippen molar-refractivity contribution < 1.29 is 68.9 Å². The number of carboxylic acids is 2. The van der Waals surface area contributed by atoms with Gasteiger partial charge in [0.1, 0.15) is 17.9 Å². The molecule has 278 valence electrons. The number of halogens is 6. The lowest BCUT2D eigenvalue weighted by atomic mass is 9.95. The number of hydrogen-bond donors (Lipinski definition) is 5. The van der Waals surface area contributed by atoms with Gasteiger partial charge in [0.25, 0.3) is 0 Å². The quantitative estimate of drug-likeness (QED) is 0.0926. The highest BCUT2D eigenvalue weighted by Crippen LogP contribution is 2.37. The molecule has 51 heavy (non-hydrogen) atoms. The summed E-state index contributed by atoms with van der Waals surface area (Å²) in [5.41, 5.74) is 9.09. The second kappa shape index (κ2) is 17.2. The monoisotopic (exact) mass is 750 g/mol. The summed E-state index contributed by atoms with van der Waals surface area (Å²) < 4.78 is 92.9. The minimum Gasteiger partial charge on any atom is -0.475 e. The molecule has 0 bridgehead atoms. The molecule has 0 radical (unpaired) electrons. The summed E-state index contributed by atoms with van der Waals surface area (Å²) in [5.74, 6) is -6.50. The predicted octanol–water partition coefficient (Wildman–Crippen LogP) is 4.61. The van der Waals surface area contributed by atoms with Crippen LogP contribution in [-0.4, -0.2) is 72.4 Å². The van der Waals surface area contributed by atoms with Crippen LogP contribution in [0.3, 0.4) is 0 Å². The van der Waals surface area contributed by atoms with Gasteiger partial charge in [-0.3, -0.25) is 15.0 Å². The number of sulfonamides is 1. The van der Waals surface area contributed by atoms with Crippen molar-refractivity contribution >= 4 is 33.8 Å². The van der Waals surface area contributed by atoms with Crippen molar-refractivity contribution in [3.63, 3.8) is 0 Å². The summed E-state index contributed by atoms with van der Waals surface area (Å²) in [7, 11) is -3.87. The van der Waals surface area contributed by atoms with Gasteiger partial charge in [-0.1, -0.05) is 60.7 Å². The lowest BCUT2D eigenvalue weighted by molar-refractivity contribution is -0.193. The molecule has 3 aromatic carbocycles. The zero-order valence-corrected chi connectivity index (χ0v) is 27.4. The van der Waals surface area contributed by atoms with Crippen LogP contribution in [-0.2, 0) is 40.5 Å². The highest BCUT2D eigenvalue weighted by Gasteiger charge is 2.42. The fraction of sp³-hybridized carbons (Fsp3) is 0.290. The topological polar surface area (TPSA) is 223 Å². The number of primary sulfonamides is 1. The van der Waals surface area contributed by atoms with Crippen LogP contribution in [0.2, 0.25) is 0 Å². The first-order chi connectivity index (χ1) is 23.4. The Morgan fingerprint density at radius 2 is 1.47 bits per heavy atom. The minimum absolute atomic E-state index is 0.0627. The number of alkyl halides is 6. The van der Waals surface area contributed by atoms with Gasteiger partial charge in [0, 0.05) is 24.2 Å². The average Bonchev–Trinajstić information content (AvgIpc) is 3.44. The highest BCUT2D eigenvalue weighted by molar-refractivity contribution is 7.89. The highest BCUT2D eigenvalue weighted by atomic mass is 32.2. The van der Waals surface area contributed by atoms with Crippen LogP contribution in [0.5, 0.6) is 0 Å². The summed E-state index contributed by atoms with van der Waals surface area (Å²) in [4.78, 5) is 37.0. The first-order valence-electron chi connectivity index (χ1n) is 14.3. The molecule has 3 aromatic rings. The van der Waals surface area contributed by atoms with E-state index in [1.165, 1.54) is 6.07 Å². The van der Waals surface area contributed by atoms with Crippen molar-refractivity contribution in [2.24, 2.45) is 16.8 Å². The summed E-state index contributed by atoms with van der Waals surface area (Å²) in [6, 6.07) is 21.1. The Morgan fingerprint density at radius 1 is 0.941 bits per heavy atom. The van der Waals surface area contributed by atoms with Crippen molar-refractivity contribution in [1.82, 2.24) is 5.06 Å². The molecule has 0 spiro atoms. The van der Waals surface area contributed by atoms with Crippen LogP contribution in [0.15, 0.2) is 77.7 Å². The van der Waals surface area contributed by atoms with Crippen LogP contribution in [0, 0.1) is 11.3 Å². The first-order valence-corrected chi connectivity index (χ1v) is 15.8. The maximum atomic E-state index is 12.9. The number of ether oxygens (including phenoxy) is 1. The summed E-state index contributed by atoms with van der Waals surface area (Å²) >= 11 is 0. The molecule has 2 atom stereocenters.